The molecule has 5 nitrogen and oxygen atoms in total. The van der Waals surface area contributed by atoms with E-state index in [1.54, 1.807) is 0 Å². The van der Waals surface area contributed by atoms with Crippen LogP contribution in [-0.2, 0) is 0 Å². The van der Waals surface area contributed by atoms with Crippen LogP contribution >= 0.6 is 0 Å². The van der Waals surface area contributed by atoms with E-state index in [-0.39, 0.29) is 0 Å². The Kier molecular flexibility index (Phi) is 12.3. The van der Waals surface area contributed by atoms with Gasteiger partial charge in [0.1, 0.15) is 0 Å². The van der Waals surface area contributed by atoms with Gasteiger partial charge in [-0.1, -0.05) is 218 Å². The predicted octanol–water partition coefficient (Wildman–Crippen LogP) is 22.1. The highest BCUT2D eigenvalue weighted by molar-refractivity contribution is 6.14. The molecule has 17 rings (SSSR count). The molecule has 0 spiro atoms. The van der Waals surface area contributed by atoms with Crippen molar-refractivity contribution in [2.45, 2.75) is 13.8 Å². The van der Waals surface area contributed by atoms with Crippen molar-refractivity contribution in [1.29, 1.82) is 0 Å². The van der Waals surface area contributed by atoms with E-state index in [0.717, 1.165) is 78.4 Å². The smallest absolute Gasteiger partial charge is 0.160 e. The summed E-state index contributed by atoms with van der Waals surface area (Å²) in [5.41, 5.74) is 26.3. The molecule has 4 aromatic heterocycles. The van der Waals surface area contributed by atoms with E-state index in [2.05, 4.69) is 331 Å². The molecule has 0 N–H and O–H groups in total. The van der Waals surface area contributed by atoms with E-state index in [9.17, 15) is 0 Å². The lowest BCUT2D eigenvalue weighted by Gasteiger charge is -2.22. The maximum Gasteiger partial charge on any atom is 0.160 e. The Balaban J connectivity index is 0.980. The quantitative estimate of drug-likeness (QED) is 0.137. The van der Waals surface area contributed by atoms with Crippen LogP contribution in [0.1, 0.15) is 11.1 Å². The third kappa shape index (κ3) is 8.69. The van der Waals surface area contributed by atoms with E-state index >= 15 is 0 Å². The molecule has 0 unspecified atom stereocenters. The number of nitrogens with zero attached hydrogens (tertiary/aromatic N) is 5. The molecule has 17 aromatic rings. The lowest BCUT2D eigenvalue weighted by molar-refractivity contribution is 1.16. The van der Waals surface area contributed by atoms with Crippen molar-refractivity contribution in [3.63, 3.8) is 0 Å². The fourth-order valence-electron chi connectivity index (χ4n) is 13.9. The first-order chi connectivity index (χ1) is 44.0. The van der Waals surface area contributed by atoms with Crippen molar-refractivity contribution in [2.24, 2.45) is 0 Å². The van der Waals surface area contributed by atoms with E-state index in [1.807, 2.05) is 6.07 Å². The van der Waals surface area contributed by atoms with E-state index < -0.39 is 0 Å². The van der Waals surface area contributed by atoms with Gasteiger partial charge >= 0.3 is 0 Å². The van der Waals surface area contributed by atoms with Gasteiger partial charge in [-0.05, 0) is 149 Å². The number of para-hydroxylation sites is 4. The molecule has 0 atom stereocenters. The topological polar surface area (TPSA) is 40.6 Å². The van der Waals surface area contributed by atoms with Crippen LogP contribution in [0.2, 0.25) is 0 Å². The Labute approximate surface area is 516 Å². The molecule has 0 fully saturated rings. The van der Waals surface area contributed by atoms with Crippen molar-refractivity contribution in [1.82, 2.24) is 23.7 Å². The molecule has 89 heavy (non-hydrogen) atoms. The molecule has 418 valence electrons. The van der Waals surface area contributed by atoms with Gasteiger partial charge < -0.3 is 13.7 Å². The minimum atomic E-state index is 0.663. The third-order valence-electron chi connectivity index (χ3n) is 18.2. The van der Waals surface area contributed by atoms with Crippen molar-refractivity contribution in [3.05, 3.63) is 321 Å². The Morgan fingerprint density at radius 1 is 0.225 bits per heavy atom. The average molecular weight is 1140 g/mol. The fourth-order valence-corrected chi connectivity index (χ4v) is 13.9. The van der Waals surface area contributed by atoms with Crippen LogP contribution in [0.5, 0.6) is 0 Å². The van der Waals surface area contributed by atoms with E-state index in [4.69, 9.17) is 9.97 Å². The maximum absolute atomic E-state index is 5.54. The van der Waals surface area contributed by atoms with Crippen LogP contribution in [0.3, 0.4) is 0 Å². The summed E-state index contributed by atoms with van der Waals surface area (Å²) in [5, 5.41) is 7.27. The van der Waals surface area contributed by atoms with Gasteiger partial charge in [0.2, 0.25) is 0 Å². The van der Waals surface area contributed by atoms with Crippen LogP contribution in [0.4, 0.5) is 0 Å². The van der Waals surface area contributed by atoms with Crippen LogP contribution in [0.15, 0.2) is 309 Å². The monoisotopic (exact) mass is 1140 g/mol. The van der Waals surface area contributed by atoms with Gasteiger partial charge in [0.05, 0.1) is 50.2 Å². The van der Waals surface area contributed by atoms with Gasteiger partial charge in [0.25, 0.3) is 0 Å². The molecular formula is C84H57N5. The minimum absolute atomic E-state index is 0.663. The lowest BCUT2D eigenvalue weighted by atomic mass is 9.91. The maximum atomic E-state index is 5.54. The minimum Gasteiger partial charge on any atom is -0.309 e. The van der Waals surface area contributed by atoms with Crippen molar-refractivity contribution < 1.29 is 0 Å². The summed E-state index contributed by atoms with van der Waals surface area (Å²) in [6.07, 6.45) is 0. The Bertz CT molecular complexity index is 5170. The number of hydrogen-bond donors (Lipinski definition) is 0. The van der Waals surface area contributed by atoms with Gasteiger partial charge in [0, 0.05) is 71.5 Å². The van der Waals surface area contributed by atoms with Crippen LogP contribution in [0.25, 0.3) is 161 Å². The molecule has 0 bridgehead atoms. The zero-order valence-corrected chi connectivity index (χ0v) is 49.2. The standard InChI is InChI=1S/C84H57N5/c1-54-21-9-11-27-65(54)60-41-47-81-73(49-60)74-50-61(66-28-12-10-22-55(66)2)42-48-82(74)89(81)83-71(56-37-43-63(44-38-56)87-77-33-17-13-29-67(77)68-30-14-18-34-78(68)87)51-62(76-53-75(58-23-5-3-6-24-58)85-84(86-76)59-25-7-4-8-26-59)52-72(83)57-39-45-64(46-40-57)88-79-35-19-15-31-69(79)70-32-16-20-36-80(70)88/h3-53H,1-2H3. The molecule has 0 amide bonds. The van der Waals surface area contributed by atoms with Gasteiger partial charge in [-0.2, -0.15) is 0 Å². The predicted molar refractivity (Wildman–Crippen MR) is 373 cm³/mol. The highest BCUT2D eigenvalue weighted by Gasteiger charge is 2.25. The number of fused-ring (bicyclic) bond motifs is 9. The molecule has 0 saturated heterocycles. The second kappa shape index (κ2) is 21.1. The summed E-state index contributed by atoms with van der Waals surface area (Å²) in [6.45, 7) is 4.42. The summed E-state index contributed by atoms with van der Waals surface area (Å²) >= 11 is 0. The van der Waals surface area contributed by atoms with Gasteiger partial charge in [-0.25, -0.2) is 9.97 Å². The van der Waals surface area contributed by atoms with Crippen LogP contribution in [0, 0.1) is 13.8 Å². The van der Waals surface area contributed by atoms with E-state index in [1.165, 1.54) is 87.8 Å². The summed E-state index contributed by atoms with van der Waals surface area (Å²) in [4.78, 5) is 10.8. The highest BCUT2D eigenvalue weighted by atomic mass is 15.0. The highest BCUT2D eigenvalue weighted by Crippen LogP contribution is 2.47. The Morgan fingerprint density at radius 2 is 0.573 bits per heavy atom. The zero-order valence-electron chi connectivity index (χ0n) is 49.2. The summed E-state index contributed by atoms with van der Waals surface area (Å²) in [5.74, 6) is 0.663. The SMILES string of the molecule is Cc1ccccc1-c1ccc2c(c1)c1cc(-c3ccccc3C)ccc1n2-c1c(-c2ccc(-n3c4ccccc4c4ccccc43)cc2)cc(-c2cc(-c3ccccc3)nc(-c3ccccc3)n2)cc1-c1ccc(-n2c3ccccc3c3ccccc32)cc1. The molecule has 13 aromatic carbocycles. The molecule has 0 saturated carbocycles. The second-order valence-electron chi connectivity index (χ2n) is 23.4. The van der Waals surface area contributed by atoms with Gasteiger partial charge in [-0.3, -0.25) is 0 Å². The molecule has 0 aliphatic heterocycles. The number of aryl methyl sites for hydroxylation is 2. The van der Waals surface area contributed by atoms with Crippen LogP contribution in [-0.4, -0.2) is 23.7 Å². The number of rotatable bonds is 10. The summed E-state index contributed by atoms with van der Waals surface area (Å²) < 4.78 is 7.35. The summed E-state index contributed by atoms with van der Waals surface area (Å²) in [6, 6.07) is 113. The first-order valence-electron chi connectivity index (χ1n) is 30.5. The lowest BCUT2D eigenvalue weighted by Crippen LogP contribution is -2.03. The molecular weight excluding hydrogens is 1080 g/mol. The van der Waals surface area contributed by atoms with Gasteiger partial charge in [0.15, 0.2) is 5.82 Å². The Morgan fingerprint density at radius 3 is 1.00 bits per heavy atom. The molecule has 0 aliphatic rings. The first kappa shape index (κ1) is 51.7. The number of hydrogen-bond acceptors (Lipinski definition) is 2. The normalized spacial score (nSPS) is 11.7. The van der Waals surface area contributed by atoms with E-state index in [0.29, 0.717) is 5.82 Å². The Hall–Kier alpha value is -11.7. The number of benzene rings is 13. The van der Waals surface area contributed by atoms with Crippen LogP contribution < -0.4 is 0 Å². The van der Waals surface area contributed by atoms with Crippen molar-refractivity contribution in [2.75, 3.05) is 0 Å². The second-order valence-corrected chi connectivity index (χ2v) is 23.4. The number of aromatic nitrogens is 5. The zero-order chi connectivity index (χ0) is 59.1. The van der Waals surface area contributed by atoms with Crippen molar-refractivity contribution in [3.8, 4) is 95.5 Å². The first-order valence-corrected chi connectivity index (χ1v) is 30.5. The van der Waals surface area contributed by atoms with Gasteiger partial charge in [-0.15, -0.1) is 0 Å². The molecule has 5 heteroatoms. The molecule has 4 heterocycles. The summed E-state index contributed by atoms with van der Waals surface area (Å²) in [7, 11) is 0. The largest absolute Gasteiger partial charge is 0.309 e. The molecule has 0 radical (unpaired) electrons. The van der Waals surface area contributed by atoms with Crippen molar-refractivity contribution >= 4 is 65.4 Å². The fraction of sp³-hybridized carbons (Fsp3) is 0.0238. The molecule has 0 aliphatic carbocycles. The average Bonchev–Trinajstić information content (AvgIpc) is 1.84. The third-order valence-corrected chi connectivity index (χ3v) is 18.2.